The van der Waals surface area contributed by atoms with Gasteiger partial charge in [-0.25, -0.2) is 0 Å². The Morgan fingerprint density at radius 2 is 0.933 bits per heavy atom. The fourth-order valence-electron chi connectivity index (χ4n) is 3.95. The van der Waals surface area contributed by atoms with Crippen molar-refractivity contribution < 1.29 is 46.8 Å². The SMILES string of the molecule is CC(=O)[O-].CC(=O)[O-].CCc1cc([Si](C)(C)C)cc(C=Nc2ccc(N=Cc3cc([Si](C)(C)C)cc(CC)c3O)cc2)c1O.[Co+2]. The molecule has 0 heterocycles. The number of carbonyl (C=O) groups is 2. The van der Waals surface area contributed by atoms with E-state index in [0.29, 0.717) is 11.5 Å². The molecule has 0 fully saturated rings. The van der Waals surface area contributed by atoms with E-state index in [0.717, 1.165) is 60.3 Å². The second-order valence-corrected chi connectivity index (χ2v) is 22.5. The van der Waals surface area contributed by atoms with E-state index < -0.39 is 28.1 Å². The van der Waals surface area contributed by atoms with Gasteiger partial charge in [0.25, 0.3) is 0 Å². The van der Waals surface area contributed by atoms with E-state index in [4.69, 9.17) is 19.8 Å². The van der Waals surface area contributed by atoms with E-state index in [1.807, 2.05) is 24.3 Å². The van der Waals surface area contributed by atoms with Crippen LogP contribution in [0.25, 0.3) is 0 Å². The number of carbonyl (C=O) groups excluding carboxylic acids is 2. The van der Waals surface area contributed by atoms with Crippen molar-refractivity contribution in [3.63, 3.8) is 0 Å². The summed E-state index contributed by atoms with van der Waals surface area (Å²) in [6.07, 6.45) is 5.08. The van der Waals surface area contributed by atoms with Crippen LogP contribution in [0.2, 0.25) is 39.3 Å². The summed E-state index contributed by atoms with van der Waals surface area (Å²) in [6, 6.07) is 16.1. The molecule has 3 rings (SSSR count). The number of carboxylic acids is 2. The number of carboxylic acid groups (broad SMARTS) is 2. The number of phenolic OH excluding ortho intramolecular Hbond substituents is 2. The van der Waals surface area contributed by atoms with Crippen LogP contribution in [-0.2, 0) is 39.2 Å². The Morgan fingerprint density at radius 3 is 1.16 bits per heavy atom. The van der Waals surface area contributed by atoms with Crippen molar-refractivity contribution in [2.24, 2.45) is 9.98 Å². The Labute approximate surface area is 280 Å². The van der Waals surface area contributed by atoms with E-state index in [-0.39, 0.29) is 16.8 Å². The summed E-state index contributed by atoms with van der Waals surface area (Å²) in [6.45, 7) is 19.9. The molecule has 0 spiro atoms. The molecule has 0 aliphatic heterocycles. The van der Waals surface area contributed by atoms with E-state index in [9.17, 15) is 10.2 Å². The van der Waals surface area contributed by atoms with Gasteiger partial charge >= 0.3 is 16.8 Å². The van der Waals surface area contributed by atoms with Gasteiger partial charge in [-0.1, -0.05) is 87.8 Å². The number of nitrogens with zero attached hydrogens (tertiary/aromatic N) is 2. The van der Waals surface area contributed by atoms with Crippen molar-refractivity contribution in [1.29, 1.82) is 0 Å². The molecule has 0 unspecified atom stereocenters. The topological polar surface area (TPSA) is 145 Å². The van der Waals surface area contributed by atoms with Gasteiger partial charge in [0.2, 0.25) is 0 Å². The Hall–Kier alpha value is -3.52. The number of benzene rings is 3. The first-order chi connectivity index (χ1) is 20.3. The molecule has 45 heavy (non-hydrogen) atoms. The Balaban J connectivity index is 0.00000192. The molecule has 0 aliphatic rings. The zero-order chi connectivity index (χ0) is 33.8. The van der Waals surface area contributed by atoms with Crippen LogP contribution in [0, 0.1) is 0 Å². The molecule has 11 heteroatoms. The molecule has 245 valence electrons. The third-order valence-electron chi connectivity index (χ3n) is 6.49. The van der Waals surface area contributed by atoms with Crippen LogP contribution in [0.5, 0.6) is 11.5 Å². The molecule has 0 saturated heterocycles. The number of hydrogen-bond donors (Lipinski definition) is 2. The first kappa shape index (κ1) is 41.5. The van der Waals surface area contributed by atoms with Crippen LogP contribution in [0.1, 0.15) is 49.9 Å². The molecule has 1 radical (unpaired) electrons. The normalized spacial score (nSPS) is 11.2. The summed E-state index contributed by atoms with van der Waals surface area (Å²) in [7, 11) is -3.03. The van der Waals surface area contributed by atoms with Crippen LogP contribution in [0.4, 0.5) is 11.4 Å². The average molecular weight is 694 g/mol. The van der Waals surface area contributed by atoms with Gasteiger partial charge in [-0.05, 0) is 62.1 Å². The molecule has 0 aliphatic carbocycles. The molecule has 0 saturated carbocycles. The maximum absolute atomic E-state index is 10.7. The number of rotatable bonds is 8. The third kappa shape index (κ3) is 14.4. The number of aliphatic carboxylic acids is 2. The Bertz CT molecular complexity index is 1370. The van der Waals surface area contributed by atoms with E-state index in [2.05, 4.69) is 87.4 Å². The van der Waals surface area contributed by atoms with E-state index in [1.54, 1.807) is 12.4 Å². The fraction of sp³-hybridized carbons (Fsp3) is 0.353. The van der Waals surface area contributed by atoms with Crippen LogP contribution in [0.15, 0.2) is 58.5 Å². The summed E-state index contributed by atoms with van der Waals surface area (Å²) in [4.78, 5) is 27.0. The van der Waals surface area contributed by atoms with E-state index in [1.165, 1.54) is 10.4 Å². The average Bonchev–Trinajstić information content (AvgIpc) is 2.90. The minimum Gasteiger partial charge on any atom is -0.550 e. The molecule has 8 nitrogen and oxygen atoms in total. The second-order valence-electron chi connectivity index (χ2n) is 12.4. The predicted octanol–water partition coefficient (Wildman–Crippen LogP) is 4.32. The monoisotopic (exact) mass is 693 g/mol. The fourth-order valence-corrected chi connectivity index (χ4v) is 6.34. The largest absolute Gasteiger partial charge is 2.00 e. The molecule has 0 bridgehead atoms. The molecular formula is C34H46CoN2O6Si2. The van der Waals surface area contributed by atoms with Gasteiger partial charge < -0.3 is 30.0 Å². The maximum atomic E-state index is 10.7. The van der Waals surface area contributed by atoms with Crippen molar-refractivity contribution in [2.75, 3.05) is 0 Å². The molecule has 0 aromatic heterocycles. The smallest absolute Gasteiger partial charge is 0.550 e. The van der Waals surface area contributed by atoms with Crippen LogP contribution >= 0.6 is 0 Å². The van der Waals surface area contributed by atoms with Gasteiger partial charge in [0, 0.05) is 35.5 Å². The summed E-state index contributed by atoms with van der Waals surface area (Å²) >= 11 is 0. The van der Waals surface area contributed by atoms with E-state index >= 15 is 0 Å². The Morgan fingerprint density at radius 1 is 0.667 bits per heavy atom. The summed E-state index contributed by atoms with van der Waals surface area (Å²) < 4.78 is 0. The number of hydrogen-bond acceptors (Lipinski definition) is 8. The van der Waals surface area contributed by atoms with Crippen molar-refractivity contribution in [3.05, 3.63) is 70.8 Å². The van der Waals surface area contributed by atoms with Gasteiger partial charge in [-0.3, -0.25) is 9.98 Å². The number of aryl methyl sites for hydroxylation is 2. The summed E-state index contributed by atoms with van der Waals surface area (Å²) in [5, 5.41) is 41.8. The maximum Gasteiger partial charge on any atom is 2.00 e. The van der Waals surface area contributed by atoms with Gasteiger partial charge in [-0.2, -0.15) is 0 Å². The van der Waals surface area contributed by atoms with Crippen LogP contribution in [0.3, 0.4) is 0 Å². The van der Waals surface area contributed by atoms with Gasteiger partial charge in [0.05, 0.1) is 27.5 Å². The van der Waals surface area contributed by atoms with Crippen molar-refractivity contribution in [1.82, 2.24) is 0 Å². The molecule has 3 aromatic carbocycles. The zero-order valence-electron chi connectivity index (χ0n) is 27.9. The molecular weight excluding hydrogens is 647 g/mol. The third-order valence-corrected chi connectivity index (χ3v) is 10.5. The van der Waals surface area contributed by atoms with Crippen molar-refractivity contribution in [2.45, 2.75) is 79.8 Å². The van der Waals surface area contributed by atoms with Crippen LogP contribution in [-0.4, -0.2) is 50.7 Å². The summed E-state index contributed by atoms with van der Waals surface area (Å²) in [5.41, 5.74) is 5.04. The quantitative estimate of drug-likeness (QED) is 0.266. The van der Waals surface area contributed by atoms with Gasteiger partial charge in [0.1, 0.15) is 11.5 Å². The summed E-state index contributed by atoms with van der Waals surface area (Å²) in [5.74, 6) is -1.53. The number of aromatic hydroxyl groups is 2. The predicted molar refractivity (Wildman–Crippen MR) is 183 cm³/mol. The minimum atomic E-state index is -1.52. The van der Waals surface area contributed by atoms with Crippen molar-refractivity contribution >= 4 is 62.3 Å². The zero-order valence-corrected chi connectivity index (χ0v) is 31.0. The first-order valence-corrected chi connectivity index (χ1v) is 21.6. The molecule has 3 aromatic rings. The van der Waals surface area contributed by atoms with Gasteiger partial charge in [-0.15, -0.1) is 0 Å². The molecule has 0 amide bonds. The van der Waals surface area contributed by atoms with Crippen LogP contribution < -0.4 is 20.6 Å². The number of aliphatic imine (C=N–C) groups is 2. The minimum absolute atomic E-state index is 0. The Kier molecular flexibility index (Phi) is 17.0. The van der Waals surface area contributed by atoms with Gasteiger partial charge in [0.15, 0.2) is 0 Å². The molecule has 2 N–H and O–H groups in total. The standard InChI is InChI=1S/C30H40N2O2Si2.2C2H4O2.Co/c1-9-21-15-27(35(3,4)5)17-23(29(21)33)19-31-25-11-13-26(14-12-25)32-20-24-18-28(36(6,7)8)16-22(10-2)30(24)34;2*1-2(3)4;/h11-20,33-34H,9-10H2,1-8H3;2*1H3,(H,3,4);/q;;;+2/p-2. The molecule has 0 atom stereocenters. The van der Waals surface area contributed by atoms with Crippen molar-refractivity contribution in [3.8, 4) is 11.5 Å². The number of phenols is 2. The first-order valence-electron chi connectivity index (χ1n) is 14.6. The second kappa shape index (κ2) is 18.4.